The smallest absolute Gasteiger partial charge is 0.137 e. The molecule has 0 bridgehead atoms. The zero-order valence-electron chi connectivity index (χ0n) is 10.1. The number of halogens is 2. The van der Waals surface area contributed by atoms with Gasteiger partial charge in [-0.3, -0.25) is 0 Å². The molecule has 1 rings (SSSR count). The lowest BCUT2D eigenvalue weighted by Crippen LogP contribution is -2.31. The van der Waals surface area contributed by atoms with Crippen LogP contribution >= 0.6 is 15.9 Å². The first-order valence-corrected chi connectivity index (χ1v) is 6.54. The van der Waals surface area contributed by atoms with E-state index in [1.807, 2.05) is 12.1 Å². The lowest BCUT2D eigenvalue weighted by atomic mass is 9.94. The fourth-order valence-corrected chi connectivity index (χ4v) is 2.03. The summed E-state index contributed by atoms with van der Waals surface area (Å²) in [6.07, 6.45) is 1.13. The first-order valence-electron chi connectivity index (χ1n) is 5.74. The van der Waals surface area contributed by atoms with Gasteiger partial charge < -0.3 is 5.32 Å². The molecule has 1 nitrogen and oxygen atoms in total. The van der Waals surface area contributed by atoms with E-state index in [0.29, 0.717) is 16.4 Å². The lowest BCUT2D eigenvalue weighted by molar-refractivity contribution is 0.480. The van der Waals surface area contributed by atoms with Gasteiger partial charge in [0.2, 0.25) is 0 Å². The topological polar surface area (TPSA) is 12.0 Å². The molecule has 0 saturated heterocycles. The summed E-state index contributed by atoms with van der Waals surface area (Å²) in [6, 6.07) is 5.64. The molecule has 1 aromatic carbocycles. The van der Waals surface area contributed by atoms with E-state index >= 15 is 0 Å². The van der Waals surface area contributed by atoms with Crippen LogP contribution in [0, 0.1) is 5.82 Å². The molecule has 0 aliphatic carbocycles. The number of benzene rings is 1. The van der Waals surface area contributed by atoms with E-state index in [0.717, 1.165) is 18.5 Å². The van der Waals surface area contributed by atoms with Crippen molar-refractivity contribution in [1.82, 2.24) is 5.32 Å². The number of rotatable bonds is 5. The van der Waals surface area contributed by atoms with E-state index < -0.39 is 0 Å². The SMILES string of the molecule is CCCNC(C)C(C)c1ccc(F)c(Br)c1. The largest absolute Gasteiger partial charge is 0.314 e. The Morgan fingerprint density at radius 3 is 2.62 bits per heavy atom. The van der Waals surface area contributed by atoms with Crippen LogP contribution in [-0.2, 0) is 0 Å². The molecule has 0 fully saturated rings. The van der Waals surface area contributed by atoms with Crippen LogP contribution in [-0.4, -0.2) is 12.6 Å². The predicted molar refractivity (Wildman–Crippen MR) is 70.3 cm³/mol. The maximum Gasteiger partial charge on any atom is 0.137 e. The van der Waals surface area contributed by atoms with E-state index in [9.17, 15) is 4.39 Å². The third-order valence-corrected chi connectivity index (χ3v) is 3.54. The van der Waals surface area contributed by atoms with E-state index in [2.05, 4.69) is 42.0 Å². The van der Waals surface area contributed by atoms with Gasteiger partial charge in [-0.1, -0.05) is 19.9 Å². The van der Waals surface area contributed by atoms with Gasteiger partial charge in [-0.15, -0.1) is 0 Å². The Hall–Kier alpha value is -0.410. The zero-order valence-corrected chi connectivity index (χ0v) is 11.6. The summed E-state index contributed by atoms with van der Waals surface area (Å²) in [5.74, 6) is 0.175. The van der Waals surface area contributed by atoms with Crippen molar-refractivity contribution in [3.05, 3.63) is 34.1 Å². The highest BCUT2D eigenvalue weighted by molar-refractivity contribution is 9.10. The predicted octanol–water partition coefficient (Wildman–Crippen LogP) is 4.08. The van der Waals surface area contributed by atoms with Crippen molar-refractivity contribution in [2.75, 3.05) is 6.54 Å². The van der Waals surface area contributed by atoms with Crippen LogP contribution in [0.2, 0.25) is 0 Å². The first-order chi connectivity index (χ1) is 7.56. The summed E-state index contributed by atoms with van der Waals surface area (Å²) in [7, 11) is 0. The Bertz CT molecular complexity index is 341. The molecule has 0 spiro atoms. The molecule has 2 unspecified atom stereocenters. The molecule has 0 aliphatic rings. The molecule has 0 radical (unpaired) electrons. The zero-order chi connectivity index (χ0) is 12.1. The fraction of sp³-hybridized carbons (Fsp3) is 0.538. The molecule has 0 aliphatic heterocycles. The van der Waals surface area contributed by atoms with E-state index in [-0.39, 0.29) is 5.82 Å². The maximum absolute atomic E-state index is 13.1. The van der Waals surface area contributed by atoms with Gasteiger partial charge in [0.25, 0.3) is 0 Å². The molecule has 0 amide bonds. The van der Waals surface area contributed by atoms with Gasteiger partial charge in [0, 0.05) is 6.04 Å². The summed E-state index contributed by atoms with van der Waals surface area (Å²) < 4.78 is 13.6. The third kappa shape index (κ3) is 3.56. The number of hydrogen-bond donors (Lipinski definition) is 1. The summed E-state index contributed by atoms with van der Waals surface area (Å²) in [6.45, 7) is 7.50. The Labute approximate surface area is 106 Å². The monoisotopic (exact) mass is 287 g/mol. The van der Waals surface area contributed by atoms with Crippen LogP contribution in [0.3, 0.4) is 0 Å². The minimum atomic E-state index is -0.204. The van der Waals surface area contributed by atoms with Gasteiger partial charge in [0.1, 0.15) is 5.82 Å². The van der Waals surface area contributed by atoms with E-state index in [4.69, 9.17) is 0 Å². The molecule has 16 heavy (non-hydrogen) atoms. The highest BCUT2D eigenvalue weighted by atomic mass is 79.9. The standard InChI is InChI=1S/C13H19BrFN/c1-4-7-16-10(3)9(2)11-5-6-13(15)12(14)8-11/h5-6,8-10,16H,4,7H2,1-3H3. The molecule has 2 atom stereocenters. The van der Waals surface area contributed by atoms with Gasteiger partial charge in [-0.2, -0.15) is 0 Å². The Kier molecular flexibility index (Phi) is 5.42. The van der Waals surface area contributed by atoms with Crippen LogP contribution < -0.4 is 5.32 Å². The highest BCUT2D eigenvalue weighted by Crippen LogP contribution is 2.24. The first kappa shape index (κ1) is 13.7. The molecule has 0 heterocycles. The second-order valence-corrected chi connectivity index (χ2v) is 5.06. The van der Waals surface area contributed by atoms with Crippen molar-refractivity contribution in [2.24, 2.45) is 0 Å². The number of nitrogens with one attached hydrogen (secondary N) is 1. The molecule has 3 heteroatoms. The van der Waals surface area contributed by atoms with Gasteiger partial charge in [-0.25, -0.2) is 4.39 Å². The molecular formula is C13H19BrFN. The van der Waals surface area contributed by atoms with Crippen LogP contribution in [0.25, 0.3) is 0 Å². The average Bonchev–Trinajstić information content (AvgIpc) is 2.28. The van der Waals surface area contributed by atoms with Crippen LogP contribution in [0.1, 0.15) is 38.7 Å². The molecule has 90 valence electrons. The molecular weight excluding hydrogens is 269 g/mol. The lowest BCUT2D eigenvalue weighted by Gasteiger charge is -2.21. The van der Waals surface area contributed by atoms with Gasteiger partial charge in [-0.05, 0) is 59.4 Å². The molecule has 1 N–H and O–H groups in total. The van der Waals surface area contributed by atoms with Crippen molar-refractivity contribution in [3.63, 3.8) is 0 Å². The quantitative estimate of drug-likeness (QED) is 0.861. The van der Waals surface area contributed by atoms with Crippen LogP contribution in [0.5, 0.6) is 0 Å². The Balaban J connectivity index is 2.71. The fourth-order valence-electron chi connectivity index (χ4n) is 1.63. The van der Waals surface area contributed by atoms with Gasteiger partial charge >= 0.3 is 0 Å². The second kappa shape index (κ2) is 6.36. The van der Waals surface area contributed by atoms with Gasteiger partial charge in [0.15, 0.2) is 0 Å². The minimum absolute atomic E-state index is 0.204. The minimum Gasteiger partial charge on any atom is -0.314 e. The average molecular weight is 288 g/mol. The van der Waals surface area contributed by atoms with Crippen molar-refractivity contribution in [2.45, 2.75) is 39.2 Å². The molecule has 0 saturated carbocycles. The Morgan fingerprint density at radius 2 is 2.06 bits per heavy atom. The van der Waals surface area contributed by atoms with E-state index in [1.54, 1.807) is 0 Å². The summed E-state index contributed by atoms with van der Waals surface area (Å²) in [5, 5.41) is 3.46. The van der Waals surface area contributed by atoms with Crippen LogP contribution in [0.4, 0.5) is 4.39 Å². The highest BCUT2D eigenvalue weighted by Gasteiger charge is 2.14. The summed E-state index contributed by atoms with van der Waals surface area (Å²) >= 11 is 3.22. The number of hydrogen-bond acceptors (Lipinski definition) is 1. The van der Waals surface area contributed by atoms with Crippen molar-refractivity contribution in [1.29, 1.82) is 0 Å². The molecule has 1 aromatic rings. The summed E-state index contributed by atoms with van der Waals surface area (Å²) in [5.41, 5.74) is 1.16. The Morgan fingerprint density at radius 1 is 1.38 bits per heavy atom. The van der Waals surface area contributed by atoms with Crippen molar-refractivity contribution < 1.29 is 4.39 Å². The van der Waals surface area contributed by atoms with Crippen molar-refractivity contribution >= 4 is 15.9 Å². The van der Waals surface area contributed by atoms with Gasteiger partial charge in [0.05, 0.1) is 4.47 Å². The van der Waals surface area contributed by atoms with Crippen molar-refractivity contribution in [3.8, 4) is 0 Å². The molecule has 0 aromatic heterocycles. The van der Waals surface area contributed by atoms with E-state index in [1.165, 1.54) is 6.07 Å². The van der Waals surface area contributed by atoms with Crippen LogP contribution in [0.15, 0.2) is 22.7 Å². The maximum atomic E-state index is 13.1. The third-order valence-electron chi connectivity index (χ3n) is 2.94. The summed E-state index contributed by atoms with van der Waals surface area (Å²) in [4.78, 5) is 0. The second-order valence-electron chi connectivity index (χ2n) is 4.21. The normalized spacial score (nSPS) is 14.8.